The van der Waals surface area contributed by atoms with E-state index in [-0.39, 0.29) is 0 Å². The second-order valence-electron chi connectivity index (χ2n) is 6.66. The fraction of sp³-hybridized carbons (Fsp3) is 0.556. The van der Waals surface area contributed by atoms with Gasteiger partial charge in [0.2, 0.25) is 0 Å². The highest BCUT2D eigenvalue weighted by molar-refractivity contribution is 6.71. The molecule has 1 aromatic carbocycles. The zero-order valence-corrected chi connectivity index (χ0v) is 15.2. The van der Waals surface area contributed by atoms with Crippen molar-refractivity contribution < 1.29 is 9.16 Å². The van der Waals surface area contributed by atoms with Gasteiger partial charge in [-0.2, -0.15) is 0 Å². The van der Waals surface area contributed by atoms with Gasteiger partial charge in [-0.1, -0.05) is 49.4 Å². The lowest BCUT2D eigenvalue weighted by molar-refractivity contribution is 0.101. The zero-order valence-electron chi connectivity index (χ0n) is 14.2. The average molecular weight is 307 g/mol. The van der Waals surface area contributed by atoms with E-state index in [0.717, 1.165) is 12.7 Å². The van der Waals surface area contributed by atoms with Crippen LogP contribution in [-0.2, 0) is 15.8 Å². The quantitative estimate of drug-likeness (QED) is 0.471. The van der Waals surface area contributed by atoms with E-state index in [1.54, 1.807) is 0 Å². The van der Waals surface area contributed by atoms with Crippen molar-refractivity contribution in [2.24, 2.45) is 5.92 Å². The Morgan fingerprint density at radius 1 is 1.14 bits per heavy atom. The van der Waals surface area contributed by atoms with E-state index < -0.39 is 8.32 Å². The van der Waals surface area contributed by atoms with Crippen LogP contribution in [0.3, 0.4) is 0 Å². The Hall–Kier alpha value is -0.903. The predicted molar refractivity (Wildman–Crippen MR) is 92.9 cm³/mol. The Kier molecular flexibility index (Phi) is 7.36. The first-order valence-electron chi connectivity index (χ1n) is 7.77. The molecule has 2 nitrogen and oxygen atoms in total. The second kappa shape index (κ2) is 8.52. The SMILES string of the molecule is C=C(C[Si](C)(C)OC(C)C)[C@@H](C)COCc1ccccc1. The van der Waals surface area contributed by atoms with Crippen LogP contribution in [0.2, 0.25) is 19.1 Å². The highest BCUT2D eigenvalue weighted by atomic mass is 28.4. The van der Waals surface area contributed by atoms with Gasteiger partial charge in [-0.05, 0) is 44.5 Å². The Bertz CT molecular complexity index is 426. The first kappa shape index (κ1) is 18.1. The van der Waals surface area contributed by atoms with Crippen LogP contribution in [0.1, 0.15) is 26.3 Å². The molecule has 0 saturated heterocycles. The molecule has 0 heterocycles. The van der Waals surface area contributed by atoms with Gasteiger partial charge >= 0.3 is 0 Å². The summed E-state index contributed by atoms with van der Waals surface area (Å²) < 4.78 is 11.9. The van der Waals surface area contributed by atoms with E-state index in [9.17, 15) is 0 Å². The third-order valence-electron chi connectivity index (χ3n) is 3.38. The molecular weight excluding hydrogens is 276 g/mol. The summed E-state index contributed by atoms with van der Waals surface area (Å²) in [5.41, 5.74) is 2.47. The minimum Gasteiger partial charge on any atom is -0.415 e. The fourth-order valence-corrected chi connectivity index (χ4v) is 5.25. The van der Waals surface area contributed by atoms with E-state index in [4.69, 9.17) is 9.16 Å². The molecule has 0 aliphatic rings. The van der Waals surface area contributed by atoms with E-state index in [0.29, 0.717) is 18.6 Å². The Morgan fingerprint density at radius 3 is 2.33 bits per heavy atom. The van der Waals surface area contributed by atoms with Crippen molar-refractivity contribution in [3.8, 4) is 0 Å². The zero-order chi connectivity index (χ0) is 15.9. The molecule has 118 valence electrons. The van der Waals surface area contributed by atoms with Gasteiger partial charge in [-0.3, -0.25) is 0 Å². The molecule has 0 unspecified atom stereocenters. The van der Waals surface area contributed by atoms with E-state index in [1.165, 1.54) is 11.1 Å². The molecule has 0 aromatic heterocycles. The van der Waals surface area contributed by atoms with Gasteiger partial charge in [-0.15, -0.1) is 0 Å². The highest BCUT2D eigenvalue weighted by Gasteiger charge is 2.26. The molecule has 1 atom stereocenters. The van der Waals surface area contributed by atoms with E-state index in [1.807, 2.05) is 18.2 Å². The number of rotatable bonds is 9. The number of hydrogen-bond acceptors (Lipinski definition) is 2. The van der Waals surface area contributed by atoms with Crippen LogP contribution in [0.25, 0.3) is 0 Å². The highest BCUT2D eigenvalue weighted by Crippen LogP contribution is 2.24. The molecule has 0 fully saturated rings. The molecule has 3 heteroatoms. The van der Waals surface area contributed by atoms with Gasteiger partial charge in [0.15, 0.2) is 8.32 Å². The third kappa shape index (κ3) is 7.60. The van der Waals surface area contributed by atoms with Gasteiger partial charge in [0, 0.05) is 6.10 Å². The predicted octanol–water partition coefficient (Wildman–Crippen LogP) is 5.03. The summed E-state index contributed by atoms with van der Waals surface area (Å²) >= 11 is 0. The normalized spacial score (nSPS) is 13.4. The second-order valence-corrected chi connectivity index (χ2v) is 10.8. The molecule has 1 rings (SSSR count). The molecule has 0 N–H and O–H groups in total. The average Bonchev–Trinajstić information content (AvgIpc) is 2.37. The van der Waals surface area contributed by atoms with Crippen LogP contribution in [0, 0.1) is 5.92 Å². The number of ether oxygens (including phenoxy) is 1. The van der Waals surface area contributed by atoms with Crippen LogP contribution in [0.4, 0.5) is 0 Å². The van der Waals surface area contributed by atoms with Crippen molar-refractivity contribution in [1.29, 1.82) is 0 Å². The van der Waals surface area contributed by atoms with Gasteiger partial charge in [0.05, 0.1) is 13.2 Å². The molecule has 21 heavy (non-hydrogen) atoms. The summed E-state index contributed by atoms with van der Waals surface area (Å²) in [4.78, 5) is 0. The summed E-state index contributed by atoms with van der Waals surface area (Å²) in [7, 11) is -1.65. The molecule has 0 aliphatic heterocycles. The van der Waals surface area contributed by atoms with Crippen molar-refractivity contribution in [1.82, 2.24) is 0 Å². The minimum atomic E-state index is -1.65. The third-order valence-corrected chi connectivity index (χ3v) is 5.80. The van der Waals surface area contributed by atoms with Gasteiger partial charge in [0.1, 0.15) is 0 Å². The Labute approximate surface area is 131 Å². The summed E-state index contributed by atoms with van der Waals surface area (Å²) in [6, 6.07) is 11.3. The fourth-order valence-electron chi connectivity index (χ4n) is 2.45. The van der Waals surface area contributed by atoms with Gasteiger partial charge < -0.3 is 9.16 Å². The van der Waals surface area contributed by atoms with Crippen LogP contribution >= 0.6 is 0 Å². The molecule has 0 spiro atoms. The van der Waals surface area contributed by atoms with Crippen molar-refractivity contribution in [3.05, 3.63) is 48.0 Å². The Morgan fingerprint density at radius 2 is 1.76 bits per heavy atom. The molecule has 0 bridgehead atoms. The smallest absolute Gasteiger partial charge is 0.191 e. The van der Waals surface area contributed by atoms with E-state index >= 15 is 0 Å². The number of hydrogen-bond donors (Lipinski definition) is 0. The lowest BCUT2D eigenvalue weighted by Crippen LogP contribution is -2.34. The topological polar surface area (TPSA) is 18.5 Å². The number of benzene rings is 1. The lowest BCUT2D eigenvalue weighted by atomic mass is 10.1. The molecule has 0 radical (unpaired) electrons. The van der Waals surface area contributed by atoms with Crippen molar-refractivity contribution in [2.45, 2.75) is 52.6 Å². The molecule has 0 amide bonds. The maximum absolute atomic E-state index is 6.07. The summed E-state index contributed by atoms with van der Waals surface area (Å²) in [5, 5.41) is 0. The summed E-state index contributed by atoms with van der Waals surface area (Å²) in [6.07, 6.45) is 0.295. The Balaban J connectivity index is 2.34. The van der Waals surface area contributed by atoms with Gasteiger partial charge in [0.25, 0.3) is 0 Å². The summed E-state index contributed by atoms with van der Waals surface area (Å²) in [5.74, 6) is 0.372. The maximum atomic E-state index is 6.07. The molecule has 0 saturated carbocycles. The monoisotopic (exact) mass is 306 g/mol. The van der Waals surface area contributed by atoms with Crippen LogP contribution < -0.4 is 0 Å². The van der Waals surface area contributed by atoms with Crippen molar-refractivity contribution in [2.75, 3.05) is 6.61 Å². The van der Waals surface area contributed by atoms with Crippen LogP contribution in [-0.4, -0.2) is 21.0 Å². The summed E-state index contributed by atoms with van der Waals surface area (Å²) in [6.45, 7) is 16.5. The van der Waals surface area contributed by atoms with Crippen molar-refractivity contribution in [3.63, 3.8) is 0 Å². The standard InChI is InChI=1S/C18H30O2Si/c1-15(2)20-21(5,6)14-17(4)16(3)12-19-13-18-10-8-7-9-11-18/h7-11,15-16H,4,12-14H2,1-3,5-6H3/t16-/m0/s1. The lowest BCUT2D eigenvalue weighted by Gasteiger charge is -2.28. The minimum absolute atomic E-state index is 0.295. The molecule has 1 aromatic rings. The maximum Gasteiger partial charge on any atom is 0.191 e. The molecule has 0 aliphatic carbocycles. The largest absolute Gasteiger partial charge is 0.415 e. The van der Waals surface area contributed by atoms with Gasteiger partial charge in [-0.25, -0.2) is 0 Å². The van der Waals surface area contributed by atoms with E-state index in [2.05, 4.69) is 52.6 Å². The van der Waals surface area contributed by atoms with Crippen LogP contribution in [0.5, 0.6) is 0 Å². The van der Waals surface area contributed by atoms with Crippen LogP contribution in [0.15, 0.2) is 42.5 Å². The van der Waals surface area contributed by atoms with Crippen molar-refractivity contribution >= 4 is 8.32 Å². The first-order valence-corrected chi connectivity index (χ1v) is 10.9. The molecular formula is C18H30O2Si. The first-order chi connectivity index (χ1) is 9.80.